The Bertz CT molecular complexity index is 1080. The first-order valence-electron chi connectivity index (χ1n) is 8.39. The van der Waals surface area contributed by atoms with E-state index in [2.05, 4.69) is 30.5 Å². The van der Waals surface area contributed by atoms with Gasteiger partial charge in [-0.15, -0.1) is 0 Å². The zero-order valence-electron chi connectivity index (χ0n) is 14.8. The smallest absolute Gasteiger partial charge is 0.257 e. The Hall–Kier alpha value is -3.69. The molecule has 0 aromatic carbocycles. The van der Waals surface area contributed by atoms with E-state index in [4.69, 9.17) is 4.52 Å². The zero-order chi connectivity index (χ0) is 19.5. The molecule has 0 atom stereocenters. The highest BCUT2D eigenvalue weighted by Gasteiger charge is 2.13. The summed E-state index contributed by atoms with van der Waals surface area (Å²) in [6.07, 6.45) is 2.06. The van der Waals surface area contributed by atoms with E-state index < -0.39 is 13.0 Å². The highest BCUT2D eigenvalue weighted by molar-refractivity contribution is 5.63. The van der Waals surface area contributed by atoms with Gasteiger partial charge in [0, 0.05) is 12.3 Å². The lowest BCUT2D eigenvalue weighted by Gasteiger charge is -2.07. The third-order valence-electron chi connectivity index (χ3n) is 4.03. The fraction of sp³-hybridized carbons (Fsp3) is 0.167. The summed E-state index contributed by atoms with van der Waals surface area (Å²) in [5.41, 5.74) is 3.64. The number of nitrogens with zero attached hydrogens (tertiary/aromatic N) is 6. The fourth-order valence-corrected chi connectivity index (χ4v) is 2.63. The molecule has 0 aliphatic heterocycles. The van der Waals surface area contributed by atoms with Gasteiger partial charge in [-0.2, -0.15) is 5.10 Å². The first kappa shape index (κ1) is 17.7. The van der Waals surface area contributed by atoms with Crippen LogP contribution >= 0.6 is 0 Å². The van der Waals surface area contributed by atoms with Crippen molar-refractivity contribution in [3.05, 3.63) is 54.7 Å². The van der Waals surface area contributed by atoms with Crippen molar-refractivity contribution in [3.63, 3.8) is 0 Å². The second-order valence-electron chi connectivity index (χ2n) is 5.90. The maximum absolute atomic E-state index is 12.6. The van der Waals surface area contributed by atoms with Crippen LogP contribution in [0.4, 0.5) is 20.4 Å². The lowest BCUT2D eigenvalue weighted by molar-refractivity contribution is 0.121. The summed E-state index contributed by atoms with van der Waals surface area (Å²) in [4.78, 5) is 13.2. The van der Waals surface area contributed by atoms with Crippen molar-refractivity contribution in [2.24, 2.45) is 0 Å². The van der Waals surface area contributed by atoms with E-state index in [-0.39, 0.29) is 0 Å². The highest BCUT2D eigenvalue weighted by atomic mass is 19.3. The van der Waals surface area contributed by atoms with Crippen molar-refractivity contribution in [1.82, 2.24) is 29.9 Å². The third kappa shape index (κ3) is 3.70. The monoisotopic (exact) mass is 383 g/mol. The molecule has 142 valence electrons. The largest absolute Gasteiger partial charge is 0.364 e. The summed E-state index contributed by atoms with van der Waals surface area (Å²) in [6.45, 7) is 1.23. The lowest BCUT2D eigenvalue weighted by Crippen LogP contribution is -2.09. The molecule has 0 aliphatic rings. The molecular formula is C18H15F2N7O. The van der Waals surface area contributed by atoms with Crippen molar-refractivity contribution in [1.29, 1.82) is 0 Å². The minimum absolute atomic E-state index is 0.311. The number of alkyl halides is 2. The van der Waals surface area contributed by atoms with Crippen molar-refractivity contribution in [3.8, 4) is 22.8 Å². The molecule has 4 rings (SSSR count). The normalized spacial score (nSPS) is 11.1. The number of pyridine rings is 1. The van der Waals surface area contributed by atoms with E-state index in [1.807, 2.05) is 18.2 Å². The quantitative estimate of drug-likeness (QED) is 0.542. The van der Waals surface area contributed by atoms with E-state index in [1.54, 1.807) is 25.3 Å². The molecule has 0 unspecified atom stereocenters. The van der Waals surface area contributed by atoms with Crippen LogP contribution in [0.15, 0.2) is 53.5 Å². The Kier molecular flexibility index (Phi) is 4.75. The van der Waals surface area contributed by atoms with Crippen molar-refractivity contribution in [2.75, 3.05) is 5.32 Å². The van der Waals surface area contributed by atoms with Crippen molar-refractivity contribution < 1.29 is 13.3 Å². The van der Waals surface area contributed by atoms with Crippen molar-refractivity contribution >= 4 is 11.6 Å². The van der Waals surface area contributed by atoms with Crippen LogP contribution in [0, 0.1) is 6.92 Å². The standard InChI is InChI=1S/C18H15F2N7O/c1-11-16(9-22-27(11)10-17(19)20)25-18-21-7-5-14(24-18)12-3-2-4-13(23-12)15-6-8-28-26-15/h2-9,17H,10H2,1H3,(H,21,24,25). The Morgan fingerprint density at radius 1 is 1.07 bits per heavy atom. The summed E-state index contributed by atoms with van der Waals surface area (Å²) >= 11 is 0. The molecule has 8 nitrogen and oxygen atoms in total. The molecule has 0 spiro atoms. The average Bonchev–Trinajstić information content (AvgIpc) is 3.34. The predicted molar refractivity (Wildman–Crippen MR) is 97.0 cm³/mol. The summed E-state index contributed by atoms with van der Waals surface area (Å²) in [5, 5.41) is 10.9. The number of hydrogen-bond acceptors (Lipinski definition) is 7. The number of aromatic nitrogens is 6. The topological polar surface area (TPSA) is 94.6 Å². The maximum atomic E-state index is 12.6. The molecule has 0 saturated heterocycles. The second-order valence-corrected chi connectivity index (χ2v) is 5.90. The van der Waals surface area contributed by atoms with E-state index in [9.17, 15) is 8.78 Å². The molecule has 0 radical (unpaired) electrons. The molecule has 0 fully saturated rings. The molecule has 0 saturated carbocycles. The first-order chi connectivity index (χ1) is 13.6. The molecule has 28 heavy (non-hydrogen) atoms. The maximum Gasteiger partial charge on any atom is 0.257 e. The van der Waals surface area contributed by atoms with Gasteiger partial charge in [0.05, 0.1) is 34.7 Å². The molecule has 0 bridgehead atoms. The van der Waals surface area contributed by atoms with Gasteiger partial charge in [0.25, 0.3) is 6.43 Å². The van der Waals surface area contributed by atoms with Crippen LogP contribution in [-0.4, -0.2) is 36.3 Å². The van der Waals surface area contributed by atoms with Crippen LogP contribution in [0.2, 0.25) is 0 Å². The predicted octanol–water partition coefficient (Wildman–Crippen LogP) is 3.71. The Morgan fingerprint density at radius 2 is 1.86 bits per heavy atom. The molecule has 0 aliphatic carbocycles. The fourth-order valence-electron chi connectivity index (χ4n) is 2.63. The lowest BCUT2D eigenvalue weighted by atomic mass is 10.2. The summed E-state index contributed by atoms with van der Waals surface area (Å²) in [6, 6.07) is 8.94. The molecule has 4 aromatic rings. The summed E-state index contributed by atoms with van der Waals surface area (Å²) in [5.74, 6) is 0.311. The van der Waals surface area contributed by atoms with E-state index in [0.29, 0.717) is 40.1 Å². The number of rotatable bonds is 6. The molecule has 10 heteroatoms. The molecule has 4 heterocycles. The van der Waals surface area contributed by atoms with Gasteiger partial charge in [-0.3, -0.25) is 4.68 Å². The number of hydrogen-bond donors (Lipinski definition) is 1. The Balaban J connectivity index is 1.59. The summed E-state index contributed by atoms with van der Waals surface area (Å²) in [7, 11) is 0. The molecule has 0 amide bonds. The van der Waals surface area contributed by atoms with E-state index in [0.717, 1.165) is 0 Å². The minimum atomic E-state index is -2.48. The van der Waals surface area contributed by atoms with Crippen LogP contribution in [0.5, 0.6) is 0 Å². The molecular weight excluding hydrogens is 368 g/mol. The van der Waals surface area contributed by atoms with Gasteiger partial charge < -0.3 is 9.84 Å². The SMILES string of the molecule is Cc1c(Nc2nccc(-c3cccc(-c4ccon4)n3)n2)cnn1CC(F)F. The van der Waals surface area contributed by atoms with Crippen LogP contribution in [0.1, 0.15) is 5.69 Å². The van der Waals surface area contributed by atoms with Crippen molar-refractivity contribution in [2.45, 2.75) is 19.9 Å². The van der Waals surface area contributed by atoms with Gasteiger partial charge in [0.2, 0.25) is 5.95 Å². The van der Waals surface area contributed by atoms with Gasteiger partial charge in [0.15, 0.2) is 0 Å². The molecule has 1 N–H and O–H groups in total. The number of halogens is 2. The number of nitrogens with one attached hydrogen (secondary N) is 1. The van der Waals surface area contributed by atoms with Gasteiger partial charge in [-0.1, -0.05) is 11.2 Å². The van der Waals surface area contributed by atoms with Gasteiger partial charge in [-0.25, -0.2) is 23.7 Å². The van der Waals surface area contributed by atoms with Crippen LogP contribution in [0.3, 0.4) is 0 Å². The summed E-state index contributed by atoms with van der Waals surface area (Å²) < 4.78 is 31.3. The number of anilines is 2. The van der Waals surface area contributed by atoms with E-state index >= 15 is 0 Å². The first-order valence-corrected chi connectivity index (χ1v) is 8.39. The minimum Gasteiger partial charge on any atom is -0.364 e. The van der Waals surface area contributed by atoms with Gasteiger partial charge in [-0.05, 0) is 25.1 Å². The van der Waals surface area contributed by atoms with Crippen LogP contribution < -0.4 is 5.32 Å². The Morgan fingerprint density at radius 3 is 2.61 bits per heavy atom. The zero-order valence-corrected chi connectivity index (χ0v) is 14.8. The van der Waals surface area contributed by atoms with Gasteiger partial charge in [0.1, 0.15) is 18.5 Å². The Labute approximate surface area is 158 Å². The van der Waals surface area contributed by atoms with Gasteiger partial charge >= 0.3 is 0 Å². The van der Waals surface area contributed by atoms with Crippen LogP contribution in [0.25, 0.3) is 22.8 Å². The van der Waals surface area contributed by atoms with Crippen LogP contribution in [-0.2, 0) is 6.54 Å². The molecule has 4 aromatic heterocycles. The third-order valence-corrected chi connectivity index (χ3v) is 4.03. The van der Waals surface area contributed by atoms with E-state index in [1.165, 1.54) is 17.1 Å². The highest BCUT2D eigenvalue weighted by Crippen LogP contribution is 2.23. The second kappa shape index (κ2) is 7.51. The average molecular weight is 383 g/mol.